The Hall–Kier alpha value is -0.650. The van der Waals surface area contributed by atoms with E-state index in [2.05, 4.69) is 15.1 Å². The molecular formula is C16H31N3O2. The zero-order valence-electron chi connectivity index (χ0n) is 13.6. The molecule has 5 heteroatoms. The minimum Gasteiger partial charge on any atom is -0.465 e. The summed E-state index contributed by atoms with van der Waals surface area (Å²) in [7, 11) is 1.84. The fourth-order valence-corrected chi connectivity index (χ4v) is 3.54. The van der Waals surface area contributed by atoms with Crippen LogP contribution in [0.15, 0.2) is 0 Å². The molecule has 0 aromatic rings. The number of ether oxygens (including phenoxy) is 1. The highest BCUT2D eigenvalue weighted by atomic mass is 16.5. The van der Waals surface area contributed by atoms with Crippen molar-refractivity contribution in [2.24, 2.45) is 0 Å². The summed E-state index contributed by atoms with van der Waals surface area (Å²) in [5.41, 5.74) is 0. The fourth-order valence-electron chi connectivity index (χ4n) is 3.54. The maximum absolute atomic E-state index is 11.8. The van der Waals surface area contributed by atoms with E-state index in [1.165, 1.54) is 45.2 Å². The van der Waals surface area contributed by atoms with Crippen molar-refractivity contribution in [3.05, 3.63) is 0 Å². The number of likely N-dealkylation sites (N-methyl/N-ethyl adjacent to an activating group) is 1. The highest BCUT2D eigenvalue weighted by Crippen LogP contribution is 2.20. The quantitative estimate of drug-likeness (QED) is 0.744. The minimum absolute atomic E-state index is 0.127. The second-order valence-electron chi connectivity index (χ2n) is 6.22. The summed E-state index contributed by atoms with van der Waals surface area (Å²) in [6, 6.07) is 0.564. The first-order chi connectivity index (χ1) is 10.2. The molecule has 2 aliphatic heterocycles. The zero-order chi connectivity index (χ0) is 15.1. The Balaban J connectivity index is 1.73. The second kappa shape index (κ2) is 8.71. The number of hydrogen-bond donors (Lipinski definition) is 1. The Morgan fingerprint density at radius 3 is 2.43 bits per heavy atom. The molecule has 0 spiro atoms. The average Bonchev–Trinajstić information content (AvgIpc) is 2.54. The maximum atomic E-state index is 11.8. The van der Waals surface area contributed by atoms with Crippen LogP contribution in [0, 0.1) is 0 Å². The predicted octanol–water partition coefficient (Wildman–Crippen LogP) is 1.09. The summed E-state index contributed by atoms with van der Waals surface area (Å²) in [5, 5.41) is 3.08. The third-order valence-electron chi connectivity index (χ3n) is 4.82. The molecule has 0 bridgehead atoms. The van der Waals surface area contributed by atoms with E-state index >= 15 is 0 Å². The van der Waals surface area contributed by atoms with Crippen LogP contribution in [0.3, 0.4) is 0 Å². The molecular weight excluding hydrogens is 266 g/mol. The van der Waals surface area contributed by atoms with Gasteiger partial charge in [-0.05, 0) is 65.8 Å². The molecule has 2 fully saturated rings. The second-order valence-corrected chi connectivity index (χ2v) is 6.22. The van der Waals surface area contributed by atoms with E-state index in [9.17, 15) is 4.79 Å². The number of piperidine rings is 2. The van der Waals surface area contributed by atoms with Gasteiger partial charge >= 0.3 is 5.97 Å². The van der Waals surface area contributed by atoms with Gasteiger partial charge < -0.3 is 19.9 Å². The van der Waals surface area contributed by atoms with Crippen LogP contribution < -0.4 is 5.32 Å². The van der Waals surface area contributed by atoms with Gasteiger partial charge in [-0.15, -0.1) is 0 Å². The summed E-state index contributed by atoms with van der Waals surface area (Å²) in [6.45, 7) is 7.83. The molecule has 0 aromatic carbocycles. The molecule has 0 aromatic heterocycles. The van der Waals surface area contributed by atoms with Crippen molar-refractivity contribution in [3.63, 3.8) is 0 Å². The van der Waals surface area contributed by atoms with Gasteiger partial charge in [0.2, 0.25) is 0 Å². The normalized spacial score (nSPS) is 23.9. The molecule has 2 aliphatic rings. The number of nitrogens with zero attached hydrogens (tertiary/aromatic N) is 2. The summed E-state index contributed by atoms with van der Waals surface area (Å²) < 4.78 is 5.12. The molecule has 0 radical (unpaired) electrons. The first-order valence-corrected chi connectivity index (χ1v) is 8.55. The van der Waals surface area contributed by atoms with Crippen LogP contribution in [0.2, 0.25) is 0 Å². The van der Waals surface area contributed by atoms with Gasteiger partial charge in [0, 0.05) is 12.6 Å². The number of rotatable bonds is 6. The summed E-state index contributed by atoms with van der Waals surface area (Å²) >= 11 is 0. The van der Waals surface area contributed by atoms with Gasteiger partial charge in [-0.3, -0.25) is 4.79 Å². The fraction of sp³-hybridized carbons (Fsp3) is 0.938. The average molecular weight is 297 g/mol. The standard InChI is InChI=1S/C16H31N3O2/c1-3-21-16(20)15(17-2)13-18-11-7-14(8-12-18)19-9-5-4-6-10-19/h14-15,17H,3-13H2,1-2H3. The Kier molecular flexibility index (Phi) is 6.93. The SMILES string of the molecule is CCOC(=O)C(CN1CCC(N2CCCCC2)CC1)NC. The van der Waals surface area contributed by atoms with Crippen LogP contribution in [0.4, 0.5) is 0 Å². The molecule has 21 heavy (non-hydrogen) atoms. The van der Waals surface area contributed by atoms with Gasteiger partial charge in [0.25, 0.3) is 0 Å². The van der Waals surface area contributed by atoms with E-state index in [4.69, 9.17) is 4.74 Å². The van der Waals surface area contributed by atoms with Crippen LogP contribution in [-0.2, 0) is 9.53 Å². The van der Waals surface area contributed by atoms with Crippen molar-refractivity contribution in [2.45, 2.75) is 51.1 Å². The van der Waals surface area contributed by atoms with Gasteiger partial charge in [0.1, 0.15) is 6.04 Å². The minimum atomic E-state index is -0.198. The van der Waals surface area contributed by atoms with Crippen molar-refractivity contribution in [3.8, 4) is 0 Å². The predicted molar refractivity (Wildman–Crippen MR) is 84.4 cm³/mol. The lowest BCUT2D eigenvalue weighted by atomic mass is 9.99. The molecule has 122 valence electrons. The van der Waals surface area contributed by atoms with E-state index in [1.54, 1.807) is 0 Å². The third kappa shape index (κ3) is 4.94. The van der Waals surface area contributed by atoms with E-state index in [0.717, 1.165) is 25.7 Å². The van der Waals surface area contributed by atoms with Crippen LogP contribution in [0.25, 0.3) is 0 Å². The molecule has 1 atom stereocenters. The lowest BCUT2D eigenvalue weighted by molar-refractivity contribution is -0.146. The zero-order valence-corrected chi connectivity index (χ0v) is 13.6. The number of esters is 1. The van der Waals surface area contributed by atoms with Gasteiger partial charge in [-0.2, -0.15) is 0 Å². The van der Waals surface area contributed by atoms with Crippen molar-refractivity contribution >= 4 is 5.97 Å². The van der Waals surface area contributed by atoms with Crippen molar-refractivity contribution in [2.75, 3.05) is 46.4 Å². The maximum Gasteiger partial charge on any atom is 0.324 e. The molecule has 1 unspecified atom stereocenters. The Morgan fingerprint density at radius 2 is 1.86 bits per heavy atom. The number of hydrogen-bond acceptors (Lipinski definition) is 5. The molecule has 2 rings (SSSR count). The van der Waals surface area contributed by atoms with Crippen molar-refractivity contribution < 1.29 is 9.53 Å². The molecule has 0 saturated carbocycles. The van der Waals surface area contributed by atoms with Crippen molar-refractivity contribution in [1.82, 2.24) is 15.1 Å². The molecule has 1 N–H and O–H groups in total. The van der Waals surface area contributed by atoms with Gasteiger partial charge in [0.15, 0.2) is 0 Å². The van der Waals surface area contributed by atoms with Gasteiger partial charge in [-0.1, -0.05) is 6.42 Å². The number of carbonyl (C=O) groups excluding carboxylic acids is 1. The summed E-state index contributed by atoms with van der Waals surface area (Å²) in [6.07, 6.45) is 6.60. The summed E-state index contributed by atoms with van der Waals surface area (Å²) in [5.74, 6) is -0.127. The monoisotopic (exact) mass is 297 g/mol. The van der Waals surface area contributed by atoms with E-state index in [1.807, 2.05) is 14.0 Å². The Morgan fingerprint density at radius 1 is 1.19 bits per heavy atom. The van der Waals surface area contributed by atoms with Crippen LogP contribution in [0.1, 0.15) is 39.0 Å². The van der Waals surface area contributed by atoms with Crippen LogP contribution in [0.5, 0.6) is 0 Å². The van der Waals surface area contributed by atoms with Crippen LogP contribution >= 0.6 is 0 Å². The number of nitrogens with one attached hydrogen (secondary N) is 1. The topological polar surface area (TPSA) is 44.8 Å². The Labute approximate surface area is 129 Å². The lowest BCUT2D eigenvalue weighted by Gasteiger charge is -2.40. The first-order valence-electron chi connectivity index (χ1n) is 8.55. The largest absolute Gasteiger partial charge is 0.465 e. The van der Waals surface area contributed by atoms with E-state index in [-0.39, 0.29) is 12.0 Å². The molecule has 0 aliphatic carbocycles. The Bertz CT molecular complexity index is 311. The molecule has 0 amide bonds. The summed E-state index contributed by atoms with van der Waals surface area (Å²) in [4.78, 5) is 16.9. The lowest BCUT2D eigenvalue weighted by Crippen LogP contribution is -2.51. The van der Waals surface area contributed by atoms with E-state index < -0.39 is 0 Å². The third-order valence-corrected chi connectivity index (χ3v) is 4.82. The van der Waals surface area contributed by atoms with Crippen molar-refractivity contribution in [1.29, 1.82) is 0 Å². The molecule has 2 heterocycles. The molecule has 2 saturated heterocycles. The van der Waals surface area contributed by atoms with E-state index in [0.29, 0.717) is 6.61 Å². The van der Waals surface area contributed by atoms with Crippen LogP contribution in [-0.4, -0.2) is 74.2 Å². The first kappa shape index (κ1) is 16.7. The highest BCUT2D eigenvalue weighted by molar-refractivity contribution is 5.76. The molecule has 5 nitrogen and oxygen atoms in total. The van der Waals surface area contributed by atoms with Gasteiger partial charge in [-0.25, -0.2) is 0 Å². The highest BCUT2D eigenvalue weighted by Gasteiger charge is 2.28. The van der Waals surface area contributed by atoms with Gasteiger partial charge in [0.05, 0.1) is 6.61 Å². The smallest absolute Gasteiger partial charge is 0.324 e. The number of carbonyl (C=O) groups is 1. The number of likely N-dealkylation sites (tertiary alicyclic amines) is 2.